The molecule has 4 heteroatoms. The highest BCUT2D eigenvalue weighted by atomic mass is 28.4. The monoisotopic (exact) mass is 376 g/mol. The summed E-state index contributed by atoms with van der Waals surface area (Å²) < 4.78 is 12.1. The quantitative estimate of drug-likeness (QED) is 0.426. The number of benzene rings is 1. The molecule has 146 valence electrons. The predicted molar refractivity (Wildman–Crippen MR) is 112 cm³/mol. The Bertz CT molecular complexity index is 528. The molecular weight excluding hydrogens is 340 g/mol. The summed E-state index contributed by atoms with van der Waals surface area (Å²) in [6.45, 7) is 8.72. The maximum atomic E-state index is 10.7. The molecule has 1 N–H and O–H groups in total. The van der Waals surface area contributed by atoms with Gasteiger partial charge in [0.2, 0.25) is 0 Å². The van der Waals surface area contributed by atoms with Gasteiger partial charge in [0.25, 0.3) is 0 Å². The number of terminal acetylenes is 1. The summed E-state index contributed by atoms with van der Waals surface area (Å²) in [5.41, 5.74) is 1.29. The van der Waals surface area contributed by atoms with E-state index >= 15 is 0 Å². The number of aliphatic hydroxyl groups excluding tert-OH is 1. The SMILES string of the molecule is C#C[C@H](OC)[C@H](O)[C@@H](C)[C@@H](CCc1ccccc1)O[Si](CC)(CC)CC. The van der Waals surface area contributed by atoms with Gasteiger partial charge in [0, 0.05) is 13.0 Å². The van der Waals surface area contributed by atoms with Crippen molar-refractivity contribution in [1.29, 1.82) is 0 Å². The van der Waals surface area contributed by atoms with Gasteiger partial charge in [-0.15, -0.1) is 6.42 Å². The molecule has 0 bridgehead atoms. The lowest BCUT2D eigenvalue weighted by molar-refractivity contribution is -0.0428. The number of rotatable bonds is 12. The maximum absolute atomic E-state index is 10.7. The zero-order valence-electron chi connectivity index (χ0n) is 17.1. The van der Waals surface area contributed by atoms with Crippen LogP contribution in [0.2, 0.25) is 18.1 Å². The number of aryl methyl sites for hydroxylation is 1. The summed E-state index contributed by atoms with van der Waals surface area (Å²) in [7, 11) is -0.241. The molecule has 0 aliphatic rings. The van der Waals surface area contributed by atoms with E-state index in [2.05, 4.69) is 51.0 Å². The largest absolute Gasteiger partial charge is 0.414 e. The minimum atomic E-state index is -1.79. The van der Waals surface area contributed by atoms with Crippen LogP contribution in [0.1, 0.15) is 39.7 Å². The highest BCUT2D eigenvalue weighted by Crippen LogP contribution is 2.30. The predicted octanol–water partition coefficient (Wildman–Crippen LogP) is 4.65. The number of methoxy groups -OCH3 is 1. The maximum Gasteiger partial charge on any atom is 0.192 e. The van der Waals surface area contributed by atoms with Crippen molar-refractivity contribution in [2.45, 2.75) is 77.0 Å². The normalized spacial score (nSPS) is 16.5. The molecule has 0 spiro atoms. The third-order valence-corrected chi connectivity index (χ3v) is 10.4. The standard InChI is InChI=1S/C22H36O3Si/c1-7-20(24-6)22(23)18(5)21(25-26(8-2,9-3)10-4)17-16-19-14-12-11-13-15-19/h1,11-15,18,20-23H,8-10,16-17H2,2-6H3/t18-,20-,21+,22+/m0/s1. The molecule has 0 fully saturated rings. The molecule has 0 saturated carbocycles. The molecule has 0 radical (unpaired) electrons. The zero-order valence-corrected chi connectivity index (χ0v) is 18.1. The van der Waals surface area contributed by atoms with Crippen molar-refractivity contribution in [2.75, 3.05) is 7.11 Å². The van der Waals surface area contributed by atoms with Crippen molar-refractivity contribution in [3.05, 3.63) is 35.9 Å². The first kappa shape index (κ1) is 22.9. The Morgan fingerprint density at radius 3 is 2.15 bits per heavy atom. The molecule has 3 nitrogen and oxygen atoms in total. The lowest BCUT2D eigenvalue weighted by atomic mass is 9.90. The van der Waals surface area contributed by atoms with Crippen LogP contribution in [0.25, 0.3) is 0 Å². The van der Waals surface area contributed by atoms with E-state index in [9.17, 15) is 5.11 Å². The third kappa shape index (κ3) is 6.24. The van der Waals surface area contributed by atoms with Crippen LogP contribution in [-0.2, 0) is 15.6 Å². The molecular formula is C22H36O3Si. The summed E-state index contributed by atoms with van der Waals surface area (Å²) in [5.74, 6) is 2.46. The molecule has 0 amide bonds. The van der Waals surface area contributed by atoms with Gasteiger partial charge in [-0.3, -0.25) is 0 Å². The Labute approximate surface area is 161 Å². The van der Waals surface area contributed by atoms with E-state index in [1.54, 1.807) is 7.11 Å². The summed E-state index contributed by atoms with van der Waals surface area (Å²) >= 11 is 0. The third-order valence-electron chi connectivity index (χ3n) is 5.75. The average molecular weight is 377 g/mol. The van der Waals surface area contributed by atoms with Gasteiger partial charge >= 0.3 is 0 Å². The lowest BCUT2D eigenvalue weighted by Crippen LogP contribution is -2.47. The highest BCUT2D eigenvalue weighted by molar-refractivity contribution is 6.73. The second-order valence-electron chi connectivity index (χ2n) is 7.10. The van der Waals surface area contributed by atoms with Crippen molar-refractivity contribution < 1.29 is 14.3 Å². The summed E-state index contributed by atoms with van der Waals surface area (Å²) in [4.78, 5) is 0. The van der Waals surface area contributed by atoms with Crippen LogP contribution in [0, 0.1) is 18.3 Å². The van der Waals surface area contributed by atoms with Crippen molar-refractivity contribution in [1.82, 2.24) is 0 Å². The van der Waals surface area contributed by atoms with E-state index in [1.165, 1.54) is 5.56 Å². The summed E-state index contributed by atoms with van der Waals surface area (Å²) in [6.07, 6.45) is 5.97. The van der Waals surface area contributed by atoms with Gasteiger partial charge < -0.3 is 14.3 Å². The minimum Gasteiger partial charge on any atom is -0.414 e. The van der Waals surface area contributed by atoms with Gasteiger partial charge in [-0.1, -0.05) is 63.9 Å². The van der Waals surface area contributed by atoms with E-state index in [4.69, 9.17) is 15.6 Å². The van der Waals surface area contributed by atoms with Crippen molar-refractivity contribution >= 4 is 8.32 Å². The molecule has 1 aromatic carbocycles. The fourth-order valence-corrected chi connectivity index (χ4v) is 6.48. The summed E-state index contributed by atoms with van der Waals surface area (Å²) in [5, 5.41) is 10.7. The van der Waals surface area contributed by atoms with E-state index in [0.717, 1.165) is 31.0 Å². The van der Waals surface area contributed by atoms with E-state index < -0.39 is 20.5 Å². The Balaban J connectivity index is 2.97. The first-order valence-corrected chi connectivity index (χ1v) is 12.4. The van der Waals surface area contributed by atoms with Gasteiger partial charge in [-0.25, -0.2) is 0 Å². The molecule has 4 atom stereocenters. The molecule has 0 unspecified atom stereocenters. The molecule has 0 heterocycles. The second kappa shape index (κ2) is 11.6. The number of ether oxygens (including phenoxy) is 1. The Morgan fingerprint density at radius 2 is 1.69 bits per heavy atom. The minimum absolute atomic E-state index is 0.0253. The van der Waals surface area contributed by atoms with Crippen LogP contribution in [0.3, 0.4) is 0 Å². The fourth-order valence-electron chi connectivity index (χ4n) is 3.51. The first-order chi connectivity index (χ1) is 12.5. The highest BCUT2D eigenvalue weighted by Gasteiger charge is 2.37. The lowest BCUT2D eigenvalue weighted by Gasteiger charge is -2.38. The first-order valence-electron chi connectivity index (χ1n) is 9.85. The van der Waals surface area contributed by atoms with Crippen molar-refractivity contribution in [2.24, 2.45) is 5.92 Å². The van der Waals surface area contributed by atoms with E-state index in [0.29, 0.717) is 0 Å². The molecule has 0 aliphatic heterocycles. The molecule has 1 aromatic rings. The molecule has 0 aromatic heterocycles. The van der Waals surface area contributed by atoms with Gasteiger partial charge in [0.15, 0.2) is 8.32 Å². The fraction of sp³-hybridized carbons (Fsp3) is 0.636. The van der Waals surface area contributed by atoms with Gasteiger partial charge in [0.05, 0.1) is 12.2 Å². The van der Waals surface area contributed by atoms with Gasteiger partial charge in [-0.05, 0) is 36.5 Å². The summed E-state index contributed by atoms with van der Waals surface area (Å²) in [6, 6.07) is 13.7. The van der Waals surface area contributed by atoms with Crippen LogP contribution < -0.4 is 0 Å². The smallest absolute Gasteiger partial charge is 0.192 e. The van der Waals surface area contributed by atoms with Crippen molar-refractivity contribution in [3.63, 3.8) is 0 Å². The molecule has 0 aliphatic carbocycles. The van der Waals surface area contributed by atoms with E-state index in [-0.39, 0.29) is 12.0 Å². The van der Waals surface area contributed by atoms with Crippen LogP contribution in [0.15, 0.2) is 30.3 Å². The Hall–Kier alpha value is -1.12. The van der Waals surface area contributed by atoms with Crippen molar-refractivity contribution in [3.8, 4) is 12.3 Å². The number of aliphatic hydroxyl groups is 1. The van der Waals surface area contributed by atoms with Crippen LogP contribution in [0.5, 0.6) is 0 Å². The second-order valence-corrected chi connectivity index (χ2v) is 11.8. The van der Waals surface area contributed by atoms with Crippen LogP contribution in [-0.4, -0.2) is 38.8 Å². The molecule has 0 saturated heterocycles. The number of hydrogen-bond donors (Lipinski definition) is 1. The zero-order chi connectivity index (χ0) is 19.6. The molecule has 26 heavy (non-hydrogen) atoms. The topological polar surface area (TPSA) is 38.7 Å². The Kier molecular flexibility index (Phi) is 10.2. The van der Waals surface area contributed by atoms with Gasteiger partial charge in [0.1, 0.15) is 6.10 Å². The van der Waals surface area contributed by atoms with Crippen LogP contribution >= 0.6 is 0 Å². The van der Waals surface area contributed by atoms with Crippen LogP contribution in [0.4, 0.5) is 0 Å². The Morgan fingerprint density at radius 1 is 1.12 bits per heavy atom. The average Bonchev–Trinajstić information content (AvgIpc) is 2.70. The number of hydrogen-bond acceptors (Lipinski definition) is 3. The molecule has 1 rings (SSSR count). The van der Waals surface area contributed by atoms with Gasteiger partial charge in [-0.2, -0.15) is 0 Å². The van der Waals surface area contributed by atoms with E-state index in [1.807, 2.05) is 13.0 Å².